The zero-order chi connectivity index (χ0) is 11.6. The van der Waals surface area contributed by atoms with Crippen molar-refractivity contribution in [1.82, 2.24) is 4.90 Å². The monoisotopic (exact) mass is 274 g/mol. The van der Waals surface area contributed by atoms with Gasteiger partial charge >= 0.3 is 6.09 Å². The summed E-state index contributed by atoms with van der Waals surface area (Å²) in [6.07, 6.45) is 4.20. The Bertz CT molecular complexity index is 318. The van der Waals surface area contributed by atoms with Crippen LogP contribution >= 0.6 is 15.9 Å². The van der Waals surface area contributed by atoms with Gasteiger partial charge in [-0.3, -0.25) is 4.90 Å². The van der Waals surface area contributed by atoms with Crippen LogP contribution < -0.4 is 5.73 Å². The van der Waals surface area contributed by atoms with Crippen LogP contribution in [0.15, 0.2) is 22.8 Å². The fourth-order valence-electron chi connectivity index (χ4n) is 1.03. The highest BCUT2D eigenvalue weighted by molar-refractivity contribution is 9.11. The lowest BCUT2D eigenvalue weighted by Crippen LogP contribution is -2.44. The first-order valence-corrected chi connectivity index (χ1v) is 5.41. The lowest BCUT2D eigenvalue weighted by Gasteiger charge is -2.29. The normalized spacial score (nSPS) is 21.3. The van der Waals surface area contributed by atoms with Gasteiger partial charge in [-0.15, -0.1) is 0 Å². The van der Waals surface area contributed by atoms with E-state index >= 15 is 0 Å². The number of halogens is 1. The molecule has 1 aliphatic rings. The summed E-state index contributed by atoms with van der Waals surface area (Å²) in [7, 11) is 0. The molecule has 0 bridgehead atoms. The first kappa shape index (κ1) is 12.3. The smallest absolute Gasteiger partial charge is 0.415 e. The number of hydrogen-bond acceptors (Lipinski definition) is 3. The topological polar surface area (TPSA) is 55.6 Å². The summed E-state index contributed by atoms with van der Waals surface area (Å²) >= 11 is 3.27. The van der Waals surface area contributed by atoms with Crippen LogP contribution in [0.4, 0.5) is 4.79 Å². The Morgan fingerprint density at radius 3 is 2.73 bits per heavy atom. The van der Waals surface area contributed by atoms with Gasteiger partial charge in [-0.2, -0.15) is 0 Å². The molecule has 5 heteroatoms. The maximum atomic E-state index is 11.7. The summed E-state index contributed by atoms with van der Waals surface area (Å²) in [5.41, 5.74) is 5.22. The van der Waals surface area contributed by atoms with E-state index in [0.29, 0.717) is 0 Å². The lowest BCUT2D eigenvalue weighted by atomic mass is 10.2. The largest absolute Gasteiger partial charge is 0.443 e. The van der Waals surface area contributed by atoms with Gasteiger partial charge in [0.2, 0.25) is 0 Å². The Morgan fingerprint density at radius 1 is 1.60 bits per heavy atom. The SMILES string of the molecule is CC(C)(C)OC(=O)N1C=C(Br)C=CC1N. The highest BCUT2D eigenvalue weighted by Gasteiger charge is 2.25. The zero-order valence-corrected chi connectivity index (χ0v) is 10.6. The van der Waals surface area contributed by atoms with Gasteiger partial charge in [0, 0.05) is 10.7 Å². The van der Waals surface area contributed by atoms with E-state index in [2.05, 4.69) is 15.9 Å². The first-order chi connectivity index (χ1) is 6.79. The highest BCUT2D eigenvalue weighted by Crippen LogP contribution is 2.18. The van der Waals surface area contributed by atoms with Crippen molar-refractivity contribution in [2.45, 2.75) is 32.5 Å². The average molecular weight is 275 g/mol. The summed E-state index contributed by atoms with van der Waals surface area (Å²) in [6.45, 7) is 5.44. The third-order valence-electron chi connectivity index (χ3n) is 1.64. The van der Waals surface area contributed by atoms with E-state index in [0.717, 1.165) is 4.48 Å². The van der Waals surface area contributed by atoms with Crippen LogP contribution in [0.25, 0.3) is 0 Å². The molecule has 1 atom stereocenters. The molecule has 0 aromatic rings. The molecule has 15 heavy (non-hydrogen) atoms. The molecule has 0 saturated heterocycles. The maximum absolute atomic E-state index is 11.7. The Kier molecular flexibility index (Phi) is 3.57. The molecule has 0 aromatic heterocycles. The molecule has 1 unspecified atom stereocenters. The minimum absolute atomic E-state index is 0.448. The fourth-order valence-corrected chi connectivity index (χ4v) is 1.41. The minimum atomic E-state index is -0.516. The molecule has 0 saturated carbocycles. The predicted octanol–water partition coefficient (Wildman–Crippen LogP) is 2.31. The summed E-state index contributed by atoms with van der Waals surface area (Å²) in [5.74, 6) is 0. The molecule has 4 nitrogen and oxygen atoms in total. The summed E-state index contributed by atoms with van der Waals surface area (Å²) in [4.78, 5) is 13.0. The molecule has 0 fully saturated rings. The van der Waals surface area contributed by atoms with Gasteiger partial charge in [-0.25, -0.2) is 4.79 Å². The Hall–Kier alpha value is -0.810. The summed E-state index contributed by atoms with van der Waals surface area (Å²) < 4.78 is 5.99. The fraction of sp³-hybridized carbons (Fsp3) is 0.500. The number of allylic oxidation sites excluding steroid dienone is 2. The molecular weight excluding hydrogens is 260 g/mol. The number of carbonyl (C=O) groups is 1. The highest BCUT2D eigenvalue weighted by atomic mass is 79.9. The van der Waals surface area contributed by atoms with Crippen LogP contribution in [-0.2, 0) is 4.74 Å². The molecule has 2 N–H and O–H groups in total. The quantitative estimate of drug-likeness (QED) is 0.738. The number of hydrogen-bond donors (Lipinski definition) is 1. The van der Waals surface area contributed by atoms with E-state index in [-0.39, 0.29) is 0 Å². The van der Waals surface area contributed by atoms with Crippen molar-refractivity contribution < 1.29 is 9.53 Å². The predicted molar refractivity (Wildman–Crippen MR) is 62.2 cm³/mol. The van der Waals surface area contributed by atoms with Crippen LogP contribution in [0.2, 0.25) is 0 Å². The Morgan fingerprint density at radius 2 is 2.20 bits per heavy atom. The molecule has 1 rings (SSSR count). The third kappa shape index (κ3) is 3.68. The third-order valence-corrected chi connectivity index (χ3v) is 2.11. The second kappa shape index (κ2) is 4.37. The van der Waals surface area contributed by atoms with E-state index in [1.165, 1.54) is 4.90 Å². The van der Waals surface area contributed by atoms with Crippen LogP contribution in [0.3, 0.4) is 0 Å². The van der Waals surface area contributed by atoms with Crippen molar-refractivity contribution in [3.63, 3.8) is 0 Å². The molecule has 1 heterocycles. The molecule has 84 valence electrons. The van der Waals surface area contributed by atoms with Gasteiger partial charge in [-0.05, 0) is 48.9 Å². The number of nitrogens with zero attached hydrogens (tertiary/aromatic N) is 1. The minimum Gasteiger partial charge on any atom is -0.443 e. The van der Waals surface area contributed by atoms with Crippen molar-refractivity contribution in [1.29, 1.82) is 0 Å². The maximum Gasteiger partial charge on any atom is 0.415 e. The van der Waals surface area contributed by atoms with Crippen molar-refractivity contribution in [3.05, 3.63) is 22.8 Å². The van der Waals surface area contributed by atoms with E-state index in [1.807, 2.05) is 20.8 Å². The van der Waals surface area contributed by atoms with Crippen LogP contribution in [0.5, 0.6) is 0 Å². The van der Waals surface area contributed by atoms with E-state index in [4.69, 9.17) is 10.5 Å². The average Bonchev–Trinajstić information content (AvgIpc) is 2.06. The second-order valence-electron chi connectivity index (χ2n) is 4.25. The molecule has 0 aromatic carbocycles. The standard InChI is InChI=1S/C10H15BrN2O2/c1-10(2,3)15-9(14)13-6-7(11)4-5-8(13)12/h4-6,8H,12H2,1-3H3. The van der Waals surface area contributed by atoms with Crippen LogP contribution in [-0.4, -0.2) is 22.8 Å². The second-order valence-corrected chi connectivity index (χ2v) is 5.17. The van der Waals surface area contributed by atoms with E-state index in [9.17, 15) is 4.79 Å². The summed E-state index contributed by atoms with van der Waals surface area (Å²) in [5, 5.41) is 0. The lowest BCUT2D eigenvalue weighted by molar-refractivity contribution is 0.0298. The van der Waals surface area contributed by atoms with Gasteiger partial charge in [0.25, 0.3) is 0 Å². The van der Waals surface area contributed by atoms with Crippen molar-refractivity contribution in [2.75, 3.05) is 0 Å². The van der Waals surface area contributed by atoms with Gasteiger partial charge < -0.3 is 10.5 Å². The van der Waals surface area contributed by atoms with Gasteiger partial charge in [0.1, 0.15) is 11.8 Å². The van der Waals surface area contributed by atoms with Crippen LogP contribution in [0.1, 0.15) is 20.8 Å². The van der Waals surface area contributed by atoms with Crippen molar-refractivity contribution >= 4 is 22.0 Å². The van der Waals surface area contributed by atoms with Crippen molar-refractivity contribution in [2.24, 2.45) is 5.73 Å². The molecule has 1 aliphatic heterocycles. The zero-order valence-electron chi connectivity index (χ0n) is 9.03. The summed E-state index contributed by atoms with van der Waals surface area (Å²) in [6, 6.07) is 0. The first-order valence-electron chi connectivity index (χ1n) is 4.62. The molecule has 0 spiro atoms. The van der Waals surface area contributed by atoms with Gasteiger partial charge in [0.15, 0.2) is 0 Å². The van der Waals surface area contributed by atoms with Gasteiger partial charge in [-0.1, -0.05) is 0 Å². The Balaban J connectivity index is 2.72. The van der Waals surface area contributed by atoms with E-state index < -0.39 is 17.9 Å². The van der Waals surface area contributed by atoms with Crippen molar-refractivity contribution in [3.8, 4) is 0 Å². The number of carbonyl (C=O) groups excluding carboxylic acids is 1. The number of nitrogens with two attached hydrogens (primary N) is 1. The molecule has 0 radical (unpaired) electrons. The van der Waals surface area contributed by atoms with E-state index in [1.54, 1.807) is 18.4 Å². The number of ether oxygens (including phenoxy) is 1. The molecule has 1 amide bonds. The van der Waals surface area contributed by atoms with Crippen LogP contribution in [0, 0.1) is 0 Å². The molecule has 0 aliphatic carbocycles. The number of rotatable bonds is 0. The Labute approximate surface area is 97.9 Å². The number of amides is 1. The molecular formula is C10H15BrN2O2. The van der Waals surface area contributed by atoms with Gasteiger partial charge in [0.05, 0.1) is 0 Å².